The third kappa shape index (κ3) is 4.88. The van der Waals surface area contributed by atoms with Crippen LogP contribution in [0.3, 0.4) is 0 Å². The summed E-state index contributed by atoms with van der Waals surface area (Å²) in [6.45, 7) is 4.51. The van der Waals surface area contributed by atoms with Gasteiger partial charge in [0.15, 0.2) is 5.43 Å². The van der Waals surface area contributed by atoms with E-state index in [0.717, 1.165) is 42.6 Å². The van der Waals surface area contributed by atoms with Crippen LogP contribution in [0.1, 0.15) is 42.4 Å². The van der Waals surface area contributed by atoms with E-state index in [1.54, 1.807) is 12.5 Å². The van der Waals surface area contributed by atoms with Crippen molar-refractivity contribution in [3.63, 3.8) is 0 Å². The maximum absolute atomic E-state index is 12.9. The molecule has 2 N–H and O–H groups in total. The predicted molar refractivity (Wildman–Crippen MR) is 125 cm³/mol. The van der Waals surface area contributed by atoms with Crippen molar-refractivity contribution in [1.29, 1.82) is 0 Å². The molecule has 0 atom stereocenters. The molecule has 1 fully saturated rings. The minimum atomic E-state index is 0.0637. The quantitative estimate of drug-likeness (QED) is 0.627. The topological polar surface area (TPSA) is 83.3 Å². The van der Waals surface area contributed by atoms with Gasteiger partial charge in [-0.2, -0.15) is 4.98 Å². The van der Waals surface area contributed by atoms with E-state index in [2.05, 4.69) is 20.6 Å². The van der Waals surface area contributed by atoms with E-state index in [1.807, 2.05) is 51.0 Å². The molecule has 7 nitrogen and oxygen atoms in total. The average molecular weight is 422 g/mol. The summed E-state index contributed by atoms with van der Waals surface area (Å²) < 4.78 is 5.79. The summed E-state index contributed by atoms with van der Waals surface area (Å²) in [6, 6.07) is 6.62. The van der Waals surface area contributed by atoms with Crippen molar-refractivity contribution in [1.82, 2.24) is 15.3 Å². The summed E-state index contributed by atoms with van der Waals surface area (Å²) in [7, 11) is 3.95. The van der Waals surface area contributed by atoms with Crippen molar-refractivity contribution < 1.29 is 4.42 Å². The Morgan fingerprint density at radius 1 is 1.13 bits per heavy atom. The third-order valence-corrected chi connectivity index (χ3v) is 6.01. The zero-order valence-corrected chi connectivity index (χ0v) is 18.7. The zero-order chi connectivity index (χ0) is 22.0. The fourth-order valence-electron chi connectivity index (χ4n) is 4.30. The Morgan fingerprint density at radius 3 is 2.61 bits per heavy atom. The minimum Gasteiger partial charge on any atom is -0.463 e. The number of hydrogen-bond acceptors (Lipinski definition) is 7. The lowest BCUT2D eigenvalue weighted by atomic mass is 9.91. The van der Waals surface area contributed by atoms with Gasteiger partial charge in [0.05, 0.1) is 11.6 Å². The number of aromatic nitrogens is 2. The number of benzene rings is 1. The first-order valence-corrected chi connectivity index (χ1v) is 10.9. The number of fused-ring (bicyclic) bond motifs is 1. The van der Waals surface area contributed by atoms with Crippen LogP contribution in [0, 0.1) is 13.8 Å². The number of nitrogens with one attached hydrogen (secondary N) is 2. The van der Waals surface area contributed by atoms with Gasteiger partial charge in [0.1, 0.15) is 11.4 Å². The summed E-state index contributed by atoms with van der Waals surface area (Å²) in [4.78, 5) is 23.8. The molecule has 164 valence electrons. The van der Waals surface area contributed by atoms with Crippen LogP contribution in [-0.2, 0) is 6.54 Å². The van der Waals surface area contributed by atoms with Crippen LogP contribution in [0.2, 0.25) is 0 Å². The number of hydrogen-bond donors (Lipinski definition) is 2. The first-order chi connectivity index (χ1) is 14.9. The second-order valence-corrected chi connectivity index (χ2v) is 8.76. The molecule has 31 heavy (non-hydrogen) atoms. The second-order valence-electron chi connectivity index (χ2n) is 8.76. The molecule has 0 unspecified atom stereocenters. The molecular weight excluding hydrogens is 390 g/mol. The normalized spacial score (nSPS) is 18.8. The Hall–Kier alpha value is -2.93. The summed E-state index contributed by atoms with van der Waals surface area (Å²) >= 11 is 0. The molecule has 0 amide bonds. The van der Waals surface area contributed by atoms with Crippen LogP contribution in [-0.4, -0.2) is 36.1 Å². The van der Waals surface area contributed by atoms with Gasteiger partial charge in [-0.05, 0) is 62.8 Å². The molecule has 2 aromatic heterocycles. The summed E-state index contributed by atoms with van der Waals surface area (Å²) in [5.41, 5.74) is 3.51. The van der Waals surface area contributed by atoms with Crippen molar-refractivity contribution in [2.45, 2.75) is 58.2 Å². The SMILES string of the molecule is Cc1cc(C)c2occ(CN[C@H]3CC[C@@H](Nc4nccc(N(C)C)n4)CC3)c(=O)c2c1. The fourth-order valence-corrected chi connectivity index (χ4v) is 4.30. The van der Waals surface area contributed by atoms with Crippen LogP contribution in [0.4, 0.5) is 11.8 Å². The lowest BCUT2D eigenvalue weighted by molar-refractivity contribution is 0.351. The first-order valence-electron chi connectivity index (χ1n) is 10.9. The van der Waals surface area contributed by atoms with Gasteiger partial charge in [0, 0.05) is 44.5 Å². The second kappa shape index (κ2) is 9.06. The maximum atomic E-state index is 12.9. The molecule has 0 aliphatic heterocycles. The third-order valence-electron chi connectivity index (χ3n) is 6.01. The van der Waals surface area contributed by atoms with E-state index < -0.39 is 0 Å². The molecule has 0 radical (unpaired) electrons. The Kier molecular flexibility index (Phi) is 6.23. The van der Waals surface area contributed by atoms with E-state index >= 15 is 0 Å². The molecule has 7 heteroatoms. The standard InChI is InChI=1S/C24H31N5O2/c1-15-11-16(2)23-20(12-15)22(30)17(14-31-23)13-26-18-5-7-19(8-6-18)27-24-25-10-9-21(28-24)29(3)4/h9-12,14,18-19,26H,5-8,13H2,1-4H3,(H,25,27,28)/t18-,19+. The molecule has 2 heterocycles. The number of aryl methyl sites for hydroxylation is 2. The summed E-state index contributed by atoms with van der Waals surface area (Å²) in [6.07, 6.45) is 7.57. The zero-order valence-electron chi connectivity index (χ0n) is 18.7. The van der Waals surface area contributed by atoms with Crippen LogP contribution < -0.4 is 21.0 Å². The molecule has 1 saturated carbocycles. The van der Waals surface area contributed by atoms with Gasteiger partial charge in [0.25, 0.3) is 0 Å². The van der Waals surface area contributed by atoms with Crippen LogP contribution >= 0.6 is 0 Å². The Balaban J connectivity index is 1.33. The van der Waals surface area contributed by atoms with Gasteiger partial charge < -0.3 is 20.0 Å². The smallest absolute Gasteiger partial charge is 0.224 e. The van der Waals surface area contributed by atoms with Gasteiger partial charge in [-0.1, -0.05) is 6.07 Å². The van der Waals surface area contributed by atoms with E-state index in [0.29, 0.717) is 41.1 Å². The molecule has 4 rings (SSSR count). The van der Waals surface area contributed by atoms with E-state index in [1.165, 1.54) is 0 Å². The van der Waals surface area contributed by atoms with Crippen LogP contribution in [0.5, 0.6) is 0 Å². The van der Waals surface area contributed by atoms with Crippen LogP contribution in [0.15, 0.2) is 39.9 Å². The van der Waals surface area contributed by atoms with Gasteiger partial charge in [0.2, 0.25) is 5.95 Å². The molecular formula is C24H31N5O2. The fraction of sp³-hybridized carbons (Fsp3) is 0.458. The van der Waals surface area contributed by atoms with E-state index in [4.69, 9.17) is 4.42 Å². The Morgan fingerprint density at radius 2 is 1.87 bits per heavy atom. The maximum Gasteiger partial charge on any atom is 0.224 e. The van der Waals surface area contributed by atoms with Gasteiger partial charge in [-0.3, -0.25) is 4.79 Å². The number of nitrogens with zero attached hydrogens (tertiary/aromatic N) is 3. The van der Waals surface area contributed by atoms with Crippen molar-refractivity contribution >= 4 is 22.7 Å². The monoisotopic (exact) mass is 421 g/mol. The van der Waals surface area contributed by atoms with Crippen molar-refractivity contribution in [2.24, 2.45) is 0 Å². The number of rotatable bonds is 6. The first kappa shape index (κ1) is 21.3. The van der Waals surface area contributed by atoms with Gasteiger partial charge in [-0.25, -0.2) is 4.98 Å². The largest absolute Gasteiger partial charge is 0.463 e. The predicted octanol–water partition coefficient (Wildman–Crippen LogP) is 3.78. The summed E-state index contributed by atoms with van der Waals surface area (Å²) in [5, 5.41) is 7.69. The molecule has 3 aromatic rings. The Labute approximate surface area is 182 Å². The van der Waals surface area contributed by atoms with E-state index in [-0.39, 0.29) is 5.43 Å². The lowest BCUT2D eigenvalue weighted by Gasteiger charge is -2.30. The highest BCUT2D eigenvalue weighted by atomic mass is 16.3. The van der Waals surface area contributed by atoms with Crippen molar-refractivity contribution in [3.8, 4) is 0 Å². The molecule has 1 aromatic carbocycles. The van der Waals surface area contributed by atoms with E-state index in [9.17, 15) is 4.79 Å². The molecule has 0 bridgehead atoms. The minimum absolute atomic E-state index is 0.0637. The molecule has 0 saturated heterocycles. The molecule has 1 aliphatic carbocycles. The highest BCUT2D eigenvalue weighted by Gasteiger charge is 2.22. The average Bonchev–Trinajstić information content (AvgIpc) is 2.75. The Bertz CT molecular complexity index is 1120. The van der Waals surface area contributed by atoms with Crippen LogP contribution in [0.25, 0.3) is 11.0 Å². The van der Waals surface area contributed by atoms with Gasteiger partial charge >= 0.3 is 0 Å². The molecule has 0 spiro atoms. The number of anilines is 2. The van der Waals surface area contributed by atoms with Crippen molar-refractivity contribution in [3.05, 3.63) is 57.6 Å². The highest BCUT2D eigenvalue weighted by molar-refractivity contribution is 5.80. The lowest BCUT2D eigenvalue weighted by Crippen LogP contribution is -2.37. The summed E-state index contributed by atoms with van der Waals surface area (Å²) in [5.74, 6) is 1.58. The molecule has 1 aliphatic rings. The highest BCUT2D eigenvalue weighted by Crippen LogP contribution is 2.23. The van der Waals surface area contributed by atoms with Gasteiger partial charge in [-0.15, -0.1) is 0 Å². The van der Waals surface area contributed by atoms with Crippen molar-refractivity contribution in [2.75, 3.05) is 24.3 Å².